The zero-order chi connectivity index (χ0) is 13.1. The fourth-order valence-electron chi connectivity index (χ4n) is 2.31. The van der Waals surface area contributed by atoms with Gasteiger partial charge in [-0.2, -0.15) is 0 Å². The van der Waals surface area contributed by atoms with Crippen molar-refractivity contribution in [1.82, 2.24) is 4.98 Å². The topological polar surface area (TPSA) is 79.3 Å². The van der Waals surface area contributed by atoms with E-state index >= 15 is 0 Å². The number of pyridine rings is 1. The van der Waals surface area contributed by atoms with Gasteiger partial charge in [0.1, 0.15) is 0 Å². The van der Waals surface area contributed by atoms with Gasteiger partial charge in [0.2, 0.25) is 5.91 Å². The molecule has 5 nitrogen and oxygen atoms in total. The largest absolute Gasteiger partial charge is 0.481 e. The number of carboxylic acid groups (broad SMARTS) is 1. The van der Waals surface area contributed by atoms with Crippen LogP contribution in [0.1, 0.15) is 25.0 Å². The molecular formula is C13H16N2O3. The van der Waals surface area contributed by atoms with Crippen LogP contribution in [0.4, 0.5) is 5.69 Å². The Hall–Kier alpha value is -1.91. The third kappa shape index (κ3) is 2.85. The second kappa shape index (κ2) is 5.16. The fourth-order valence-corrected chi connectivity index (χ4v) is 2.31. The number of carboxylic acids is 1. The van der Waals surface area contributed by atoms with Crippen LogP contribution in [0.2, 0.25) is 0 Å². The van der Waals surface area contributed by atoms with Gasteiger partial charge in [-0.3, -0.25) is 14.6 Å². The molecule has 0 bridgehead atoms. The van der Waals surface area contributed by atoms with Gasteiger partial charge < -0.3 is 10.4 Å². The van der Waals surface area contributed by atoms with Crippen molar-refractivity contribution in [2.45, 2.75) is 26.2 Å². The van der Waals surface area contributed by atoms with Crippen molar-refractivity contribution in [1.29, 1.82) is 0 Å². The highest BCUT2D eigenvalue weighted by atomic mass is 16.4. The molecule has 2 atom stereocenters. The standard InChI is InChI=1S/C13H16N2O3/c1-8-6-11(4-5-14-8)15-12(16)9-2-3-10(7-9)13(17)18/h4-6,9-10H,2-3,7H2,1H3,(H,17,18)(H,14,15,16). The zero-order valence-corrected chi connectivity index (χ0v) is 10.2. The molecule has 5 heteroatoms. The predicted molar refractivity (Wildman–Crippen MR) is 66.1 cm³/mol. The number of aromatic nitrogens is 1. The Balaban J connectivity index is 1.95. The summed E-state index contributed by atoms with van der Waals surface area (Å²) >= 11 is 0. The molecule has 0 saturated heterocycles. The van der Waals surface area contributed by atoms with Crippen LogP contribution in [-0.2, 0) is 9.59 Å². The summed E-state index contributed by atoms with van der Waals surface area (Å²) in [5.74, 6) is -1.46. The molecule has 0 radical (unpaired) electrons. The van der Waals surface area contributed by atoms with Crippen molar-refractivity contribution < 1.29 is 14.7 Å². The molecule has 2 N–H and O–H groups in total. The molecule has 1 aliphatic rings. The molecule has 18 heavy (non-hydrogen) atoms. The van der Waals surface area contributed by atoms with Crippen molar-refractivity contribution in [2.75, 3.05) is 5.32 Å². The number of anilines is 1. The molecule has 0 aliphatic heterocycles. The number of hydrogen-bond donors (Lipinski definition) is 2. The summed E-state index contributed by atoms with van der Waals surface area (Å²) in [6.45, 7) is 1.85. The zero-order valence-electron chi connectivity index (χ0n) is 10.2. The van der Waals surface area contributed by atoms with E-state index in [4.69, 9.17) is 5.11 Å². The first-order valence-corrected chi connectivity index (χ1v) is 6.02. The first-order chi connectivity index (χ1) is 8.56. The highest BCUT2D eigenvalue weighted by Crippen LogP contribution is 2.31. The number of hydrogen-bond acceptors (Lipinski definition) is 3. The summed E-state index contributed by atoms with van der Waals surface area (Å²) in [7, 11) is 0. The SMILES string of the molecule is Cc1cc(NC(=O)C2CCC(C(=O)O)C2)ccn1. The van der Waals surface area contributed by atoms with Gasteiger partial charge in [-0.25, -0.2) is 0 Å². The molecular weight excluding hydrogens is 232 g/mol. The van der Waals surface area contributed by atoms with E-state index in [0.717, 1.165) is 5.69 Å². The highest BCUT2D eigenvalue weighted by molar-refractivity contribution is 5.93. The van der Waals surface area contributed by atoms with E-state index in [0.29, 0.717) is 24.9 Å². The molecule has 2 unspecified atom stereocenters. The Morgan fingerprint density at radius 2 is 2.11 bits per heavy atom. The van der Waals surface area contributed by atoms with E-state index in [1.165, 1.54) is 0 Å². The lowest BCUT2D eigenvalue weighted by atomic mass is 10.0. The van der Waals surface area contributed by atoms with Gasteiger partial charge >= 0.3 is 5.97 Å². The number of nitrogens with zero attached hydrogens (tertiary/aromatic N) is 1. The van der Waals surface area contributed by atoms with Crippen LogP contribution in [0, 0.1) is 18.8 Å². The van der Waals surface area contributed by atoms with E-state index in [1.807, 2.05) is 6.92 Å². The number of aryl methyl sites for hydroxylation is 1. The predicted octanol–water partition coefficient (Wildman–Crippen LogP) is 1.83. The van der Waals surface area contributed by atoms with E-state index in [-0.39, 0.29) is 17.7 Å². The van der Waals surface area contributed by atoms with Crippen LogP contribution < -0.4 is 5.32 Å². The Labute approximate surface area is 105 Å². The molecule has 1 aliphatic carbocycles. The number of carbonyl (C=O) groups is 2. The number of amides is 1. The third-order valence-electron chi connectivity index (χ3n) is 3.32. The van der Waals surface area contributed by atoms with Crippen molar-refractivity contribution in [3.8, 4) is 0 Å². The van der Waals surface area contributed by atoms with E-state index < -0.39 is 5.97 Å². The molecule has 1 amide bonds. The van der Waals surface area contributed by atoms with Gasteiger partial charge in [0.15, 0.2) is 0 Å². The quantitative estimate of drug-likeness (QED) is 0.855. The Kier molecular flexibility index (Phi) is 3.60. The maximum atomic E-state index is 12.0. The van der Waals surface area contributed by atoms with Gasteiger partial charge in [-0.05, 0) is 38.3 Å². The van der Waals surface area contributed by atoms with Crippen molar-refractivity contribution in [3.63, 3.8) is 0 Å². The van der Waals surface area contributed by atoms with Crippen molar-refractivity contribution in [2.24, 2.45) is 11.8 Å². The molecule has 2 rings (SSSR count). The van der Waals surface area contributed by atoms with Gasteiger partial charge in [0.05, 0.1) is 5.92 Å². The van der Waals surface area contributed by atoms with E-state index in [9.17, 15) is 9.59 Å². The normalized spacial score (nSPS) is 22.7. The van der Waals surface area contributed by atoms with Crippen LogP contribution >= 0.6 is 0 Å². The van der Waals surface area contributed by atoms with Gasteiger partial charge in [0, 0.05) is 23.5 Å². The number of rotatable bonds is 3. The second-order valence-electron chi connectivity index (χ2n) is 4.72. The number of carbonyl (C=O) groups excluding carboxylic acids is 1. The number of aliphatic carboxylic acids is 1. The van der Waals surface area contributed by atoms with Crippen LogP contribution in [0.15, 0.2) is 18.3 Å². The Morgan fingerprint density at radius 3 is 2.72 bits per heavy atom. The minimum atomic E-state index is -0.801. The fraction of sp³-hybridized carbons (Fsp3) is 0.462. The van der Waals surface area contributed by atoms with Crippen LogP contribution in [0.3, 0.4) is 0 Å². The first kappa shape index (κ1) is 12.5. The minimum absolute atomic E-state index is 0.0932. The van der Waals surface area contributed by atoms with Gasteiger partial charge in [-0.15, -0.1) is 0 Å². The molecule has 96 valence electrons. The molecule has 0 spiro atoms. The van der Waals surface area contributed by atoms with Crippen molar-refractivity contribution in [3.05, 3.63) is 24.0 Å². The summed E-state index contributed by atoms with van der Waals surface area (Å²) in [6, 6.07) is 3.52. The average molecular weight is 248 g/mol. The summed E-state index contributed by atoms with van der Waals surface area (Å²) in [6.07, 6.45) is 3.31. The van der Waals surface area contributed by atoms with E-state index in [1.54, 1.807) is 18.3 Å². The molecule has 1 aromatic heterocycles. The van der Waals surface area contributed by atoms with Crippen LogP contribution in [0.5, 0.6) is 0 Å². The molecule has 1 saturated carbocycles. The molecule has 1 fully saturated rings. The van der Waals surface area contributed by atoms with Crippen molar-refractivity contribution >= 4 is 17.6 Å². The highest BCUT2D eigenvalue weighted by Gasteiger charge is 2.33. The van der Waals surface area contributed by atoms with E-state index in [2.05, 4.69) is 10.3 Å². The first-order valence-electron chi connectivity index (χ1n) is 6.02. The number of nitrogens with one attached hydrogen (secondary N) is 1. The minimum Gasteiger partial charge on any atom is -0.481 e. The monoisotopic (exact) mass is 248 g/mol. The molecule has 0 aromatic carbocycles. The average Bonchev–Trinajstić information content (AvgIpc) is 2.78. The van der Waals surface area contributed by atoms with Gasteiger partial charge in [0.25, 0.3) is 0 Å². The summed E-state index contributed by atoms with van der Waals surface area (Å²) in [4.78, 5) is 26.9. The Bertz CT molecular complexity index is 473. The lowest BCUT2D eigenvalue weighted by Crippen LogP contribution is -2.21. The third-order valence-corrected chi connectivity index (χ3v) is 3.32. The maximum absolute atomic E-state index is 12.0. The summed E-state index contributed by atoms with van der Waals surface area (Å²) < 4.78 is 0. The smallest absolute Gasteiger partial charge is 0.306 e. The Morgan fingerprint density at radius 1 is 1.39 bits per heavy atom. The van der Waals surface area contributed by atoms with Crippen LogP contribution in [-0.4, -0.2) is 22.0 Å². The maximum Gasteiger partial charge on any atom is 0.306 e. The second-order valence-corrected chi connectivity index (χ2v) is 4.72. The van der Waals surface area contributed by atoms with Gasteiger partial charge in [-0.1, -0.05) is 0 Å². The van der Waals surface area contributed by atoms with Crippen LogP contribution in [0.25, 0.3) is 0 Å². The molecule has 1 heterocycles. The lowest BCUT2D eigenvalue weighted by molar-refractivity contribution is -0.141. The summed E-state index contributed by atoms with van der Waals surface area (Å²) in [5.41, 5.74) is 1.55. The lowest BCUT2D eigenvalue weighted by Gasteiger charge is -2.10. The molecule has 1 aromatic rings. The summed E-state index contributed by atoms with van der Waals surface area (Å²) in [5, 5.41) is 11.7.